The number of rotatable bonds is 7. The molecule has 1 saturated heterocycles. The molecule has 0 aliphatic carbocycles. The summed E-state index contributed by atoms with van der Waals surface area (Å²) in [7, 11) is 0. The number of guanidine groups is 1. The summed E-state index contributed by atoms with van der Waals surface area (Å²) in [6.45, 7) is 7.91. The fourth-order valence-electron chi connectivity index (χ4n) is 5.48. The van der Waals surface area contributed by atoms with Crippen molar-refractivity contribution in [1.29, 1.82) is 0 Å². The standard InChI is InChI=1S/C28H36N4O2/c1-20(2)17-28(3)26(34)32(27(29)30-28)19-21-11-10-16-31(18-21)25(33)24(22-12-6-4-7-13-22)23-14-8-5-9-15-23/h4-9,12-15,20-21,24H,10-11,16-19H2,1-3H3,(H2,29,30). The Kier molecular flexibility index (Phi) is 7.05. The van der Waals surface area contributed by atoms with Crippen molar-refractivity contribution in [2.45, 2.75) is 51.5 Å². The predicted molar refractivity (Wildman–Crippen MR) is 135 cm³/mol. The van der Waals surface area contributed by atoms with Crippen LogP contribution in [-0.4, -0.2) is 52.7 Å². The third-order valence-electron chi connectivity index (χ3n) is 6.93. The van der Waals surface area contributed by atoms with Crippen LogP contribution in [0, 0.1) is 11.8 Å². The van der Waals surface area contributed by atoms with Crippen LogP contribution in [0.5, 0.6) is 0 Å². The van der Waals surface area contributed by atoms with Crippen LogP contribution >= 0.6 is 0 Å². The number of piperidine rings is 1. The summed E-state index contributed by atoms with van der Waals surface area (Å²) < 4.78 is 0. The van der Waals surface area contributed by atoms with Gasteiger partial charge in [0.15, 0.2) is 5.96 Å². The molecule has 2 amide bonds. The Morgan fingerprint density at radius 3 is 2.24 bits per heavy atom. The lowest BCUT2D eigenvalue weighted by Crippen LogP contribution is -2.49. The van der Waals surface area contributed by atoms with Gasteiger partial charge in [-0.1, -0.05) is 74.5 Å². The van der Waals surface area contributed by atoms with Gasteiger partial charge in [-0.05, 0) is 49.1 Å². The molecule has 0 radical (unpaired) electrons. The lowest BCUT2D eigenvalue weighted by atomic mass is 9.88. The van der Waals surface area contributed by atoms with Gasteiger partial charge in [-0.25, -0.2) is 4.99 Å². The van der Waals surface area contributed by atoms with Gasteiger partial charge in [0.2, 0.25) is 5.91 Å². The van der Waals surface area contributed by atoms with Gasteiger partial charge in [-0.2, -0.15) is 0 Å². The number of aliphatic imine (C=N–C) groups is 1. The van der Waals surface area contributed by atoms with Gasteiger partial charge < -0.3 is 10.6 Å². The van der Waals surface area contributed by atoms with Crippen molar-refractivity contribution in [3.63, 3.8) is 0 Å². The van der Waals surface area contributed by atoms with Crippen molar-refractivity contribution in [3.05, 3.63) is 71.8 Å². The second-order valence-corrected chi connectivity index (χ2v) is 10.3. The minimum Gasteiger partial charge on any atom is -0.369 e. The van der Waals surface area contributed by atoms with E-state index in [0.717, 1.165) is 30.5 Å². The van der Waals surface area contributed by atoms with E-state index in [-0.39, 0.29) is 23.7 Å². The molecule has 2 N–H and O–H groups in total. The molecular weight excluding hydrogens is 424 g/mol. The van der Waals surface area contributed by atoms with Crippen LogP contribution in [0.3, 0.4) is 0 Å². The average Bonchev–Trinajstić information content (AvgIpc) is 3.03. The fourth-order valence-corrected chi connectivity index (χ4v) is 5.48. The zero-order chi connectivity index (χ0) is 24.3. The number of nitrogens with two attached hydrogens (primary N) is 1. The van der Waals surface area contributed by atoms with Gasteiger partial charge in [-0.3, -0.25) is 14.5 Å². The monoisotopic (exact) mass is 460 g/mol. The van der Waals surface area contributed by atoms with Crippen LogP contribution < -0.4 is 5.73 Å². The van der Waals surface area contributed by atoms with Crippen LogP contribution in [0.2, 0.25) is 0 Å². The molecule has 0 spiro atoms. The number of hydrogen-bond acceptors (Lipinski definition) is 4. The minimum atomic E-state index is -0.784. The van der Waals surface area contributed by atoms with Crippen LogP contribution in [-0.2, 0) is 9.59 Å². The molecular formula is C28H36N4O2. The molecule has 1 fully saturated rings. The van der Waals surface area contributed by atoms with Crippen LogP contribution in [0.15, 0.2) is 65.7 Å². The number of carbonyl (C=O) groups is 2. The lowest BCUT2D eigenvalue weighted by molar-refractivity contribution is -0.134. The number of likely N-dealkylation sites (tertiary alicyclic amines) is 1. The first-order valence-electron chi connectivity index (χ1n) is 12.3. The van der Waals surface area contributed by atoms with E-state index in [1.54, 1.807) is 4.90 Å². The van der Waals surface area contributed by atoms with E-state index in [2.05, 4.69) is 18.8 Å². The number of nitrogens with zero attached hydrogens (tertiary/aromatic N) is 3. The molecule has 2 atom stereocenters. The Bertz CT molecular complexity index is 997. The number of benzene rings is 2. The van der Waals surface area contributed by atoms with Crippen LogP contribution in [0.4, 0.5) is 0 Å². The van der Waals surface area contributed by atoms with E-state index in [0.29, 0.717) is 31.4 Å². The first kappa shape index (κ1) is 24.0. The number of hydrogen-bond donors (Lipinski definition) is 1. The van der Waals surface area contributed by atoms with Gasteiger partial charge >= 0.3 is 0 Å². The maximum absolute atomic E-state index is 13.8. The SMILES string of the molecule is CC(C)CC1(C)N=C(N)N(CC2CCCN(C(=O)C(c3ccccc3)c3ccccc3)C2)C1=O. The second-order valence-electron chi connectivity index (χ2n) is 10.3. The van der Waals surface area contributed by atoms with E-state index in [4.69, 9.17) is 5.73 Å². The van der Waals surface area contributed by atoms with Gasteiger partial charge in [0.1, 0.15) is 5.54 Å². The highest BCUT2D eigenvalue weighted by Crippen LogP contribution is 2.32. The van der Waals surface area contributed by atoms with Crippen molar-refractivity contribution in [3.8, 4) is 0 Å². The molecule has 2 heterocycles. The maximum Gasteiger partial charge on any atom is 0.257 e. The molecule has 0 aromatic heterocycles. The summed E-state index contributed by atoms with van der Waals surface area (Å²) in [4.78, 5) is 35.2. The van der Waals surface area contributed by atoms with Gasteiger partial charge in [0, 0.05) is 19.6 Å². The summed E-state index contributed by atoms with van der Waals surface area (Å²) in [5.41, 5.74) is 7.42. The summed E-state index contributed by atoms with van der Waals surface area (Å²) in [6, 6.07) is 19.9. The molecule has 2 unspecified atom stereocenters. The second kappa shape index (κ2) is 10.00. The van der Waals surface area contributed by atoms with Crippen LogP contribution in [0.25, 0.3) is 0 Å². The van der Waals surface area contributed by atoms with Crippen molar-refractivity contribution in [2.75, 3.05) is 19.6 Å². The highest BCUT2D eigenvalue weighted by atomic mass is 16.2. The van der Waals surface area contributed by atoms with Gasteiger partial charge in [0.25, 0.3) is 5.91 Å². The van der Waals surface area contributed by atoms with Crippen LogP contribution in [0.1, 0.15) is 57.1 Å². The van der Waals surface area contributed by atoms with E-state index in [1.165, 1.54) is 0 Å². The largest absolute Gasteiger partial charge is 0.369 e. The summed E-state index contributed by atoms with van der Waals surface area (Å²) in [6.07, 6.45) is 2.55. The molecule has 6 nitrogen and oxygen atoms in total. The molecule has 0 bridgehead atoms. The molecule has 0 saturated carbocycles. The third kappa shape index (κ3) is 5.01. The highest BCUT2D eigenvalue weighted by molar-refractivity contribution is 6.06. The van der Waals surface area contributed by atoms with Gasteiger partial charge in [0.05, 0.1) is 5.92 Å². The maximum atomic E-state index is 13.8. The molecule has 4 rings (SSSR count). The Labute approximate surface area is 202 Å². The quantitative estimate of drug-likeness (QED) is 0.678. The van der Waals surface area contributed by atoms with Crippen molar-refractivity contribution in [1.82, 2.24) is 9.80 Å². The summed E-state index contributed by atoms with van der Waals surface area (Å²) >= 11 is 0. The first-order valence-corrected chi connectivity index (χ1v) is 12.3. The smallest absolute Gasteiger partial charge is 0.257 e. The van der Waals surface area contributed by atoms with E-state index in [1.807, 2.05) is 72.5 Å². The molecule has 2 aliphatic heterocycles. The van der Waals surface area contributed by atoms with Crippen molar-refractivity contribution < 1.29 is 9.59 Å². The predicted octanol–water partition coefficient (Wildman–Crippen LogP) is 4.02. The van der Waals surface area contributed by atoms with E-state index in [9.17, 15) is 9.59 Å². The normalized spacial score (nSPS) is 23.0. The van der Waals surface area contributed by atoms with Gasteiger partial charge in [-0.15, -0.1) is 0 Å². The third-order valence-corrected chi connectivity index (χ3v) is 6.93. The summed E-state index contributed by atoms with van der Waals surface area (Å²) in [5, 5.41) is 0. The molecule has 2 aliphatic rings. The topological polar surface area (TPSA) is 79.0 Å². The van der Waals surface area contributed by atoms with Crippen molar-refractivity contribution >= 4 is 17.8 Å². The molecule has 6 heteroatoms. The minimum absolute atomic E-state index is 0.0198. The Morgan fingerprint density at radius 2 is 1.68 bits per heavy atom. The number of carbonyl (C=O) groups excluding carboxylic acids is 2. The zero-order valence-electron chi connectivity index (χ0n) is 20.5. The first-order chi connectivity index (χ1) is 16.3. The molecule has 2 aromatic rings. The number of amides is 2. The Balaban J connectivity index is 1.49. The fraction of sp³-hybridized carbons (Fsp3) is 0.464. The Hall–Kier alpha value is -3.15. The molecule has 180 valence electrons. The Morgan fingerprint density at radius 1 is 1.09 bits per heavy atom. The van der Waals surface area contributed by atoms with E-state index < -0.39 is 5.54 Å². The van der Waals surface area contributed by atoms with Crippen molar-refractivity contribution in [2.24, 2.45) is 22.6 Å². The lowest BCUT2D eigenvalue weighted by Gasteiger charge is -2.37. The zero-order valence-corrected chi connectivity index (χ0v) is 20.5. The highest BCUT2D eigenvalue weighted by Gasteiger charge is 2.45. The van der Waals surface area contributed by atoms with E-state index >= 15 is 0 Å². The average molecular weight is 461 g/mol. The summed E-state index contributed by atoms with van der Waals surface area (Å²) in [5.74, 6) is 0.582. The molecule has 34 heavy (non-hydrogen) atoms. The molecule has 2 aromatic carbocycles.